The van der Waals surface area contributed by atoms with Gasteiger partial charge in [-0.1, -0.05) is 15.9 Å². The maximum atomic E-state index is 13.4. The molecule has 1 aromatic carbocycles. The smallest absolute Gasteiger partial charge is 0.149 e. The summed E-state index contributed by atoms with van der Waals surface area (Å²) >= 11 is 3.16. The molecule has 0 spiro atoms. The lowest BCUT2D eigenvalue weighted by Gasteiger charge is -2.18. The zero-order valence-electron chi connectivity index (χ0n) is 8.15. The molecule has 0 aliphatic heterocycles. The van der Waals surface area contributed by atoms with Gasteiger partial charge in [0.25, 0.3) is 0 Å². The van der Waals surface area contributed by atoms with Gasteiger partial charge >= 0.3 is 0 Å². The lowest BCUT2D eigenvalue weighted by molar-refractivity contribution is 0.576. The van der Waals surface area contributed by atoms with Crippen LogP contribution >= 0.6 is 15.9 Å². The van der Waals surface area contributed by atoms with Gasteiger partial charge in [0.2, 0.25) is 0 Å². The van der Waals surface area contributed by atoms with E-state index >= 15 is 0 Å². The average molecular weight is 264 g/mol. The second-order valence-electron chi connectivity index (χ2n) is 3.06. The molecular formula is C10H12BrF2N. The second kappa shape index (κ2) is 4.73. The van der Waals surface area contributed by atoms with Crippen molar-refractivity contribution in [2.75, 3.05) is 18.5 Å². The van der Waals surface area contributed by atoms with Crippen molar-refractivity contribution in [3.8, 4) is 0 Å². The predicted molar refractivity (Wildman–Crippen MR) is 57.9 cm³/mol. The minimum absolute atomic E-state index is 0.0391. The van der Waals surface area contributed by atoms with Gasteiger partial charge in [-0.3, -0.25) is 0 Å². The number of anilines is 1. The fourth-order valence-electron chi connectivity index (χ4n) is 1.22. The molecule has 4 heteroatoms. The first-order valence-corrected chi connectivity index (χ1v) is 5.47. The summed E-state index contributed by atoms with van der Waals surface area (Å²) in [6.07, 6.45) is 0. The Bertz CT molecular complexity index is 305. The molecule has 0 saturated carbocycles. The van der Waals surface area contributed by atoms with Crippen LogP contribution in [-0.2, 0) is 5.33 Å². The highest BCUT2D eigenvalue weighted by Gasteiger charge is 2.13. The SMILES string of the molecule is CCN(C)c1c(F)cc(CBr)cc1F. The zero-order valence-corrected chi connectivity index (χ0v) is 9.74. The van der Waals surface area contributed by atoms with Crippen LogP contribution in [0.3, 0.4) is 0 Å². The molecule has 0 radical (unpaired) electrons. The molecule has 0 N–H and O–H groups in total. The average Bonchev–Trinajstić information content (AvgIpc) is 2.16. The van der Waals surface area contributed by atoms with Gasteiger partial charge in [-0.15, -0.1) is 0 Å². The molecule has 0 aliphatic rings. The summed E-state index contributed by atoms with van der Waals surface area (Å²) in [4.78, 5) is 1.54. The first kappa shape index (κ1) is 11.4. The van der Waals surface area contributed by atoms with Gasteiger partial charge in [0.1, 0.15) is 17.3 Å². The number of hydrogen-bond donors (Lipinski definition) is 0. The molecular weight excluding hydrogens is 252 g/mol. The normalized spacial score (nSPS) is 10.4. The number of nitrogens with zero attached hydrogens (tertiary/aromatic N) is 1. The van der Waals surface area contributed by atoms with Gasteiger partial charge in [-0.05, 0) is 24.6 Å². The Labute approximate surface area is 90.8 Å². The lowest BCUT2D eigenvalue weighted by Crippen LogP contribution is -2.19. The summed E-state index contributed by atoms with van der Waals surface area (Å²) in [6.45, 7) is 2.42. The van der Waals surface area contributed by atoms with E-state index in [1.54, 1.807) is 11.9 Å². The van der Waals surface area contributed by atoms with Crippen molar-refractivity contribution in [2.45, 2.75) is 12.3 Å². The molecule has 0 bridgehead atoms. The molecule has 0 saturated heterocycles. The fraction of sp³-hybridized carbons (Fsp3) is 0.400. The third-order valence-corrected chi connectivity index (χ3v) is 2.73. The maximum Gasteiger partial charge on any atom is 0.149 e. The Morgan fingerprint density at radius 1 is 1.29 bits per heavy atom. The van der Waals surface area contributed by atoms with Crippen molar-refractivity contribution in [2.24, 2.45) is 0 Å². The van der Waals surface area contributed by atoms with E-state index < -0.39 is 11.6 Å². The quantitative estimate of drug-likeness (QED) is 0.757. The lowest BCUT2D eigenvalue weighted by atomic mass is 10.2. The molecule has 0 heterocycles. The topological polar surface area (TPSA) is 3.24 Å². The summed E-state index contributed by atoms with van der Waals surface area (Å²) in [5.41, 5.74) is 0.644. The molecule has 1 rings (SSSR count). The highest BCUT2D eigenvalue weighted by Crippen LogP contribution is 2.24. The van der Waals surface area contributed by atoms with Crippen molar-refractivity contribution in [3.05, 3.63) is 29.3 Å². The van der Waals surface area contributed by atoms with Crippen LogP contribution < -0.4 is 4.90 Å². The number of hydrogen-bond acceptors (Lipinski definition) is 1. The van der Waals surface area contributed by atoms with E-state index in [0.717, 1.165) is 0 Å². The van der Waals surface area contributed by atoms with E-state index in [2.05, 4.69) is 15.9 Å². The second-order valence-corrected chi connectivity index (χ2v) is 3.62. The van der Waals surface area contributed by atoms with Crippen LogP contribution in [0.4, 0.5) is 14.5 Å². The third-order valence-electron chi connectivity index (χ3n) is 2.09. The summed E-state index contributed by atoms with van der Waals surface area (Å²) in [5, 5.41) is 0.455. The molecule has 0 fully saturated rings. The van der Waals surface area contributed by atoms with Gasteiger partial charge in [0, 0.05) is 18.9 Å². The summed E-state index contributed by atoms with van der Waals surface area (Å²) in [7, 11) is 1.66. The Kier molecular flexibility index (Phi) is 3.86. The van der Waals surface area contributed by atoms with Gasteiger partial charge < -0.3 is 4.90 Å². The molecule has 1 aromatic rings. The summed E-state index contributed by atoms with van der Waals surface area (Å²) in [5.74, 6) is -1.02. The van der Waals surface area contributed by atoms with E-state index in [1.807, 2.05) is 6.92 Å². The minimum Gasteiger partial charge on any atom is -0.370 e. The standard InChI is InChI=1S/C10H12BrF2N/c1-3-14(2)10-8(12)4-7(6-11)5-9(10)13/h4-5H,3,6H2,1-2H3. The van der Waals surface area contributed by atoms with Crippen LogP contribution in [0.15, 0.2) is 12.1 Å². The van der Waals surface area contributed by atoms with E-state index in [0.29, 0.717) is 17.4 Å². The molecule has 14 heavy (non-hydrogen) atoms. The minimum atomic E-state index is -0.510. The molecule has 0 atom stereocenters. The van der Waals surface area contributed by atoms with Crippen molar-refractivity contribution >= 4 is 21.6 Å². The predicted octanol–water partition coefficient (Wildman–Crippen LogP) is 3.32. The first-order chi connectivity index (χ1) is 6.60. The van der Waals surface area contributed by atoms with Crippen LogP contribution in [0.1, 0.15) is 12.5 Å². The van der Waals surface area contributed by atoms with Gasteiger partial charge in [-0.2, -0.15) is 0 Å². The Balaban J connectivity index is 3.18. The van der Waals surface area contributed by atoms with Crippen LogP contribution in [0, 0.1) is 11.6 Å². The maximum absolute atomic E-state index is 13.4. The van der Waals surface area contributed by atoms with Gasteiger partial charge in [0.15, 0.2) is 0 Å². The number of alkyl halides is 1. The number of benzene rings is 1. The van der Waals surface area contributed by atoms with Gasteiger partial charge in [0.05, 0.1) is 0 Å². The Morgan fingerprint density at radius 2 is 1.79 bits per heavy atom. The van der Waals surface area contributed by atoms with E-state index in [-0.39, 0.29) is 5.69 Å². The zero-order chi connectivity index (χ0) is 10.7. The van der Waals surface area contributed by atoms with Crippen molar-refractivity contribution < 1.29 is 8.78 Å². The monoisotopic (exact) mass is 263 g/mol. The van der Waals surface area contributed by atoms with E-state index in [4.69, 9.17) is 0 Å². The molecule has 0 amide bonds. The molecule has 0 unspecified atom stereocenters. The highest BCUT2D eigenvalue weighted by molar-refractivity contribution is 9.08. The van der Waals surface area contributed by atoms with Crippen molar-refractivity contribution in [3.63, 3.8) is 0 Å². The highest BCUT2D eigenvalue weighted by atomic mass is 79.9. The third kappa shape index (κ3) is 2.23. The van der Waals surface area contributed by atoms with Crippen LogP contribution in [0.5, 0.6) is 0 Å². The fourth-order valence-corrected chi connectivity index (χ4v) is 1.54. The largest absolute Gasteiger partial charge is 0.370 e. The van der Waals surface area contributed by atoms with Crippen molar-refractivity contribution in [1.29, 1.82) is 0 Å². The van der Waals surface area contributed by atoms with Crippen molar-refractivity contribution in [1.82, 2.24) is 0 Å². The molecule has 0 aliphatic carbocycles. The molecule has 78 valence electrons. The van der Waals surface area contributed by atoms with Crippen LogP contribution in [0.25, 0.3) is 0 Å². The van der Waals surface area contributed by atoms with Crippen LogP contribution in [0.2, 0.25) is 0 Å². The number of halogens is 3. The van der Waals surface area contributed by atoms with Crippen LogP contribution in [-0.4, -0.2) is 13.6 Å². The summed E-state index contributed by atoms with van der Waals surface area (Å²) in [6, 6.07) is 2.69. The Hall–Kier alpha value is -0.640. The first-order valence-electron chi connectivity index (χ1n) is 4.35. The van der Waals surface area contributed by atoms with Gasteiger partial charge in [-0.25, -0.2) is 8.78 Å². The summed E-state index contributed by atoms with van der Waals surface area (Å²) < 4.78 is 26.9. The van der Waals surface area contributed by atoms with E-state index in [1.165, 1.54) is 12.1 Å². The number of rotatable bonds is 3. The molecule has 1 nitrogen and oxygen atoms in total. The van der Waals surface area contributed by atoms with E-state index in [9.17, 15) is 8.78 Å². The molecule has 0 aromatic heterocycles. The Morgan fingerprint density at radius 3 is 2.14 bits per heavy atom.